The molecule has 78 valence electrons. The van der Waals surface area contributed by atoms with Gasteiger partial charge in [0.15, 0.2) is 0 Å². The van der Waals surface area contributed by atoms with Gasteiger partial charge < -0.3 is 15.4 Å². The summed E-state index contributed by atoms with van der Waals surface area (Å²) in [6.07, 6.45) is 0. The van der Waals surface area contributed by atoms with Crippen molar-refractivity contribution in [2.45, 2.75) is 0 Å². The molecule has 13 heavy (non-hydrogen) atoms. The Morgan fingerprint density at radius 2 is 1.15 bits per heavy atom. The van der Waals surface area contributed by atoms with Gasteiger partial charge in [0.25, 0.3) is 0 Å². The summed E-state index contributed by atoms with van der Waals surface area (Å²) >= 11 is 0. The van der Waals surface area contributed by atoms with E-state index in [-0.39, 0.29) is 24.8 Å². The number of ether oxygens (including phenoxy) is 1. The van der Waals surface area contributed by atoms with Crippen LogP contribution in [0.25, 0.3) is 0 Å². The van der Waals surface area contributed by atoms with Gasteiger partial charge >= 0.3 is 0 Å². The Morgan fingerprint density at radius 1 is 0.769 bits per heavy atom. The molecule has 3 saturated heterocycles. The van der Waals surface area contributed by atoms with Crippen LogP contribution in [0.2, 0.25) is 0 Å². The summed E-state index contributed by atoms with van der Waals surface area (Å²) in [7, 11) is 0. The Kier molecular flexibility index (Phi) is 3.15. The fourth-order valence-corrected chi connectivity index (χ4v) is 2.91. The molecule has 2 N–H and O–H groups in total. The highest BCUT2D eigenvalue weighted by Gasteiger charge is 2.61. The van der Waals surface area contributed by atoms with E-state index in [0.29, 0.717) is 10.8 Å². The van der Waals surface area contributed by atoms with E-state index in [9.17, 15) is 0 Å². The maximum Gasteiger partial charge on any atom is 0.0554 e. The van der Waals surface area contributed by atoms with Gasteiger partial charge in [0.05, 0.1) is 13.2 Å². The van der Waals surface area contributed by atoms with Gasteiger partial charge in [-0.15, -0.1) is 24.8 Å². The normalized spacial score (nSPS) is 46.2. The second kappa shape index (κ2) is 3.55. The average molecular weight is 227 g/mol. The molecule has 0 spiro atoms. The topological polar surface area (TPSA) is 33.3 Å². The molecule has 0 aliphatic carbocycles. The Labute approximate surface area is 90.8 Å². The van der Waals surface area contributed by atoms with Crippen LogP contribution in [0.5, 0.6) is 0 Å². The van der Waals surface area contributed by atoms with Crippen molar-refractivity contribution in [2.75, 3.05) is 39.4 Å². The third kappa shape index (κ3) is 1.22. The fourth-order valence-electron chi connectivity index (χ4n) is 2.91. The van der Waals surface area contributed by atoms with Gasteiger partial charge in [0.2, 0.25) is 0 Å². The molecular formula is C8H16Cl2N2O. The monoisotopic (exact) mass is 226 g/mol. The van der Waals surface area contributed by atoms with E-state index in [0.717, 1.165) is 39.4 Å². The van der Waals surface area contributed by atoms with Gasteiger partial charge in [-0.25, -0.2) is 0 Å². The maximum absolute atomic E-state index is 5.58. The molecule has 0 aromatic rings. The lowest BCUT2D eigenvalue weighted by Gasteiger charge is -2.28. The number of rotatable bonds is 0. The average Bonchev–Trinajstić information content (AvgIpc) is 2.40. The van der Waals surface area contributed by atoms with Crippen LogP contribution in [0.4, 0.5) is 0 Å². The van der Waals surface area contributed by atoms with E-state index in [1.165, 1.54) is 0 Å². The van der Waals surface area contributed by atoms with Crippen molar-refractivity contribution in [2.24, 2.45) is 10.8 Å². The van der Waals surface area contributed by atoms with Crippen molar-refractivity contribution in [3.05, 3.63) is 0 Å². The van der Waals surface area contributed by atoms with Gasteiger partial charge in [-0.05, 0) is 0 Å². The minimum absolute atomic E-state index is 0. The van der Waals surface area contributed by atoms with Crippen molar-refractivity contribution in [3.63, 3.8) is 0 Å². The van der Waals surface area contributed by atoms with Crippen LogP contribution in [-0.4, -0.2) is 39.4 Å². The summed E-state index contributed by atoms with van der Waals surface area (Å²) in [5.74, 6) is 0. The molecule has 5 heteroatoms. The highest BCUT2D eigenvalue weighted by Crippen LogP contribution is 2.50. The Balaban J connectivity index is 0.000000422. The van der Waals surface area contributed by atoms with E-state index in [1.807, 2.05) is 0 Å². The van der Waals surface area contributed by atoms with E-state index in [1.54, 1.807) is 0 Å². The molecule has 0 bridgehead atoms. The molecule has 3 aliphatic rings. The number of hydrogen-bond acceptors (Lipinski definition) is 3. The van der Waals surface area contributed by atoms with Crippen LogP contribution in [0.1, 0.15) is 0 Å². The predicted molar refractivity (Wildman–Crippen MR) is 55.9 cm³/mol. The fraction of sp³-hybridized carbons (Fsp3) is 1.00. The molecule has 0 aromatic heterocycles. The van der Waals surface area contributed by atoms with E-state index in [2.05, 4.69) is 10.6 Å². The van der Waals surface area contributed by atoms with Crippen LogP contribution in [-0.2, 0) is 4.74 Å². The minimum atomic E-state index is 0. The zero-order chi connectivity index (χ0) is 7.36. The van der Waals surface area contributed by atoms with Crippen LogP contribution < -0.4 is 10.6 Å². The molecule has 0 aromatic carbocycles. The first-order valence-corrected chi connectivity index (χ1v) is 4.36. The summed E-state index contributed by atoms with van der Waals surface area (Å²) in [5.41, 5.74) is 0.903. The first-order chi connectivity index (χ1) is 5.37. The minimum Gasteiger partial charge on any atom is -0.380 e. The summed E-state index contributed by atoms with van der Waals surface area (Å²) in [6.45, 7) is 6.54. The summed E-state index contributed by atoms with van der Waals surface area (Å²) < 4.78 is 5.58. The summed E-state index contributed by atoms with van der Waals surface area (Å²) in [6, 6.07) is 0. The predicted octanol–water partition coefficient (Wildman–Crippen LogP) is 0.0394. The zero-order valence-corrected chi connectivity index (χ0v) is 9.10. The van der Waals surface area contributed by atoms with Gasteiger partial charge in [0.1, 0.15) is 0 Å². The largest absolute Gasteiger partial charge is 0.380 e. The third-order valence-corrected chi connectivity index (χ3v) is 3.74. The second-order valence-electron chi connectivity index (χ2n) is 4.26. The van der Waals surface area contributed by atoms with E-state index in [4.69, 9.17) is 4.74 Å². The summed E-state index contributed by atoms with van der Waals surface area (Å²) in [4.78, 5) is 0. The zero-order valence-electron chi connectivity index (χ0n) is 7.47. The Morgan fingerprint density at radius 3 is 1.54 bits per heavy atom. The Bertz CT molecular complexity index is 153. The van der Waals surface area contributed by atoms with Crippen molar-refractivity contribution < 1.29 is 4.74 Å². The quantitative estimate of drug-likeness (QED) is 0.613. The molecule has 3 aliphatic heterocycles. The first kappa shape index (κ1) is 11.5. The molecule has 3 nitrogen and oxygen atoms in total. The van der Waals surface area contributed by atoms with Gasteiger partial charge in [-0.1, -0.05) is 0 Å². The van der Waals surface area contributed by atoms with Crippen LogP contribution in [0.3, 0.4) is 0 Å². The molecular weight excluding hydrogens is 211 g/mol. The smallest absolute Gasteiger partial charge is 0.0554 e. The van der Waals surface area contributed by atoms with Crippen LogP contribution in [0, 0.1) is 10.8 Å². The lowest BCUT2D eigenvalue weighted by molar-refractivity contribution is 0.144. The Hall–Kier alpha value is 0.460. The first-order valence-electron chi connectivity index (χ1n) is 4.36. The molecule has 3 fully saturated rings. The highest BCUT2D eigenvalue weighted by atomic mass is 35.5. The third-order valence-electron chi connectivity index (χ3n) is 3.74. The number of hydrogen-bond donors (Lipinski definition) is 2. The second-order valence-corrected chi connectivity index (χ2v) is 4.26. The van der Waals surface area contributed by atoms with E-state index >= 15 is 0 Å². The number of halogens is 2. The molecule has 0 radical (unpaired) electrons. The summed E-state index contributed by atoms with van der Waals surface area (Å²) in [5, 5.41) is 6.98. The SMILES string of the molecule is C1NCC23CNCC12COC3.Cl.Cl. The van der Waals surface area contributed by atoms with Crippen molar-refractivity contribution >= 4 is 24.8 Å². The van der Waals surface area contributed by atoms with E-state index < -0.39 is 0 Å². The maximum atomic E-state index is 5.58. The molecule has 0 unspecified atom stereocenters. The van der Waals surface area contributed by atoms with Gasteiger partial charge in [-0.2, -0.15) is 0 Å². The van der Waals surface area contributed by atoms with Crippen LogP contribution >= 0.6 is 24.8 Å². The van der Waals surface area contributed by atoms with Gasteiger partial charge in [0, 0.05) is 37.0 Å². The molecule has 0 atom stereocenters. The van der Waals surface area contributed by atoms with Crippen molar-refractivity contribution in [3.8, 4) is 0 Å². The molecule has 3 rings (SSSR count). The number of nitrogens with one attached hydrogen (secondary N) is 2. The standard InChI is InChI=1S/C8H14N2O.2ClH/c1-7-2-10-4-8(7,3-9-1)6-11-5-7;;/h9-10H,1-6H2;2*1H. The lowest BCUT2D eigenvalue weighted by atomic mass is 9.71. The lowest BCUT2D eigenvalue weighted by Crippen LogP contribution is -2.38. The van der Waals surface area contributed by atoms with Gasteiger partial charge in [-0.3, -0.25) is 0 Å². The molecule has 3 heterocycles. The molecule has 0 amide bonds. The van der Waals surface area contributed by atoms with Crippen molar-refractivity contribution in [1.82, 2.24) is 10.6 Å². The molecule has 0 saturated carbocycles. The van der Waals surface area contributed by atoms with Crippen LogP contribution in [0.15, 0.2) is 0 Å². The van der Waals surface area contributed by atoms with Crippen molar-refractivity contribution in [1.29, 1.82) is 0 Å². The highest BCUT2D eigenvalue weighted by molar-refractivity contribution is 5.85.